The summed E-state index contributed by atoms with van der Waals surface area (Å²) >= 11 is 0. The van der Waals surface area contributed by atoms with E-state index in [1.165, 1.54) is 6.33 Å². The fourth-order valence-electron chi connectivity index (χ4n) is 3.28. The number of carbonyl (C=O) groups excluding carboxylic acids is 1. The van der Waals surface area contributed by atoms with Gasteiger partial charge < -0.3 is 9.47 Å². The molecule has 0 spiro atoms. The van der Waals surface area contributed by atoms with Crippen LogP contribution in [0.3, 0.4) is 0 Å². The van der Waals surface area contributed by atoms with Gasteiger partial charge in [0, 0.05) is 24.6 Å². The second-order valence-corrected chi connectivity index (χ2v) is 8.33. The molecule has 0 aromatic carbocycles. The van der Waals surface area contributed by atoms with E-state index in [1.807, 2.05) is 20.8 Å². The van der Waals surface area contributed by atoms with Gasteiger partial charge in [0.2, 0.25) is 5.78 Å². The van der Waals surface area contributed by atoms with Crippen LogP contribution >= 0.6 is 0 Å². The van der Waals surface area contributed by atoms with Crippen LogP contribution in [0.25, 0.3) is 11.2 Å². The van der Waals surface area contributed by atoms with E-state index in [-0.39, 0.29) is 25.3 Å². The molecule has 1 saturated heterocycles. The van der Waals surface area contributed by atoms with Crippen LogP contribution in [0.15, 0.2) is 30.7 Å². The summed E-state index contributed by atoms with van der Waals surface area (Å²) in [5.74, 6) is -2.03. The number of imidazole rings is 1. The molecule has 3 aromatic rings. The minimum Gasteiger partial charge on any atom is -0.348 e. The number of anilines is 1. The Balaban J connectivity index is 1.78. The molecular weight excluding hydrogens is 378 g/mol. The van der Waals surface area contributed by atoms with Crippen molar-refractivity contribution in [3.05, 3.63) is 42.2 Å². The van der Waals surface area contributed by atoms with E-state index in [2.05, 4.69) is 19.9 Å². The van der Waals surface area contributed by atoms with E-state index in [9.17, 15) is 13.6 Å². The number of hydrogen-bond acceptors (Lipinski definition) is 6. The number of aromatic nitrogens is 5. The molecule has 1 fully saturated rings. The summed E-state index contributed by atoms with van der Waals surface area (Å²) in [4.78, 5) is 31.8. The van der Waals surface area contributed by atoms with Crippen molar-refractivity contribution in [1.29, 1.82) is 0 Å². The van der Waals surface area contributed by atoms with Gasteiger partial charge in [-0.1, -0.05) is 26.8 Å². The van der Waals surface area contributed by atoms with E-state index in [0.29, 0.717) is 28.5 Å². The number of alkyl halides is 2. The number of rotatable bonds is 4. The summed E-state index contributed by atoms with van der Waals surface area (Å²) in [7, 11) is 0. The summed E-state index contributed by atoms with van der Waals surface area (Å²) in [6.07, 6.45) is 2.84. The normalized spacial score (nSPS) is 16.5. The van der Waals surface area contributed by atoms with Crippen LogP contribution in [-0.2, 0) is 12.0 Å². The summed E-state index contributed by atoms with van der Waals surface area (Å²) < 4.78 is 29.3. The Kier molecular flexibility index (Phi) is 4.55. The molecule has 1 aliphatic heterocycles. The highest BCUT2D eigenvalue weighted by molar-refractivity contribution is 5.95. The van der Waals surface area contributed by atoms with Gasteiger partial charge in [0.25, 0.3) is 5.92 Å². The highest BCUT2D eigenvalue weighted by Crippen LogP contribution is 2.34. The number of ketones is 1. The van der Waals surface area contributed by atoms with Crippen molar-refractivity contribution in [2.45, 2.75) is 45.1 Å². The Morgan fingerprint density at radius 1 is 1.21 bits per heavy atom. The van der Waals surface area contributed by atoms with Crippen LogP contribution in [0.4, 0.5) is 14.6 Å². The standard InChI is InChI=1S/C20H22F2N6O/c1-19(2,3)18-25-16(27-9-7-20(21,22)11-27)15-17(26-18)28(12-24-15)10-14(29)13-6-4-5-8-23-13/h4-6,8,12H,7,9-11H2,1-3H3. The first kappa shape index (κ1) is 19.4. The fourth-order valence-corrected chi connectivity index (χ4v) is 3.28. The SMILES string of the molecule is CC(C)(C)c1nc(N2CCC(F)(F)C2)c2ncn(CC(=O)c3ccccn3)c2n1. The topological polar surface area (TPSA) is 76.8 Å². The zero-order valence-corrected chi connectivity index (χ0v) is 16.6. The summed E-state index contributed by atoms with van der Waals surface area (Å²) in [5, 5.41) is 0. The molecular formula is C20H22F2N6O. The lowest BCUT2D eigenvalue weighted by atomic mass is 9.96. The van der Waals surface area contributed by atoms with Crippen molar-refractivity contribution >= 4 is 22.8 Å². The van der Waals surface area contributed by atoms with Gasteiger partial charge in [0.1, 0.15) is 11.5 Å². The lowest BCUT2D eigenvalue weighted by Crippen LogP contribution is -2.27. The zero-order valence-electron chi connectivity index (χ0n) is 16.6. The highest BCUT2D eigenvalue weighted by Gasteiger charge is 2.40. The van der Waals surface area contributed by atoms with Crippen molar-refractivity contribution < 1.29 is 13.6 Å². The van der Waals surface area contributed by atoms with Crippen molar-refractivity contribution in [2.75, 3.05) is 18.0 Å². The lowest BCUT2D eigenvalue weighted by Gasteiger charge is -2.22. The monoisotopic (exact) mass is 400 g/mol. The molecule has 152 valence electrons. The fraction of sp³-hybridized carbons (Fsp3) is 0.450. The van der Waals surface area contributed by atoms with E-state index >= 15 is 0 Å². The van der Waals surface area contributed by atoms with Crippen LogP contribution in [0.2, 0.25) is 0 Å². The number of nitrogens with zero attached hydrogens (tertiary/aromatic N) is 6. The van der Waals surface area contributed by atoms with Gasteiger partial charge >= 0.3 is 0 Å². The number of halogens is 2. The van der Waals surface area contributed by atoms with Gasteiger partial charge in [-0.3, -0.25) is 9.78 Å². The predicted octanol–water partition coefficient (Wildman–Crippen LogP) is 3.25. The van der Waals surface area contributed by atoms with Crippen LogP contribution in [0.1, 0.15) is 43.5 Å². The first-order chi connectivity index (χ1) is 13.6. The minimum absolute atomic E-state index is 0.00368. The molecule has 29 heavy (non-hydrogen) atoms. The maximum Gasteiger partial charge on any atom is 0.266 e. The molecule has 0 N–H and O–H groups in total. The average Bonchev–Trinajstić information content (AvgIpc) is 3.24. The second kappa shape index (κ2) is 6.82. The molecule has 0 radical (unpaired) electrons. The molecule has 1 aliphatic rings. The third-order valence-corrected chi connectivity index (χ3v) is 4.85. The first-order valence-corrected chi connectivity index (χ1v) is 9.44. The third-order valence-electron chi connectivity index (χ3n) is 4.85. The molecule has 4 rings (SSSR count). The molecule has 0 bridgehead atoms. The van der Waals surface area contributed by atoms with E-state index in [0.717, 1.165) is 0 Å². The second-order valence-electron chi connectivity index (χ2n) is 8.33. The van der Waals surface area contributed by atoms with Crippen molar-refractivity contribution in [1.82, 2.24) is 24.5 Å². The minimum atomic E-state index is -2.75. The number of pyridine rings is 1. The summed E-state index contributed by atoms with van der Waals surface area (Å²) in [6.45, 7) is 5.66. The molecule has 0 aliphatic carbocycles. The van der Waals surface area contributed by atoms with Gasteiger partial charge in [-0.05, 0) is 12.1 Å². The Labute approximate surface area is 166 Å². The molecule has 0 amide bonds. The average molecular weight is 400 g/mol. The van der Waals surface area contributed by atoms with E-state index in [1.54, 1.807) is 33.9 Å². The van der Waals surface area contributed by atoms with Crippen molar-refractivity contribution in [3.8, 4) is 0 Å². The summed E-state index contributed by atoms with van der Waals surface area (Å²) in [5.41, 5.74) is 0.827. The smallest absolute Gasteiger partial charge is 0.266 e. The molecule has 0 atom stereocenters. The number of carbonyl (C=O) groups is 1. The lowest BCUT2D eigenvalue weighted by molar-refractivity contribution is 0.0257. The maximum absolute atomic E-state index is 13.8. The number of fused-ring (bicyclic) bond motifs is 1. The molecule has 9 heteroatoms. The Bertz CT molecular complexity index is 1060. The van der Waals surface area contributed by atoms with E-state index < -0.39 is 17.9 Å². The molecule has 0 saturated carbocycles. The van der Waals surface area contributed by atoms with Gasteiger partial charge in [0.05, 0.1) is 19.4 Å². The Hall–Kier alpha value is -2.97. The van der Waals surface area contributed by atoms with Gasteiger partial charge in [-0.2, -0.15) is 0 Å². The molecule has 0 unspecified atom stereocenters. The molecule has 4 heterocycles. The van der Waals surface area contributed by atoms with Crippen LogP contribution in [0, 0.1) is 0 Å². The van der Waals surface area contributed by atoms with Gasteiger partial charge in [0.15, 0.2) is 17.0 Å². The van der Waals surface area contributed by atoms with Gasteiger partial charge in [-0.25, -0.2) is 23.7 Å². The van der Waals surface area contributed by atoms with Crippen molar-refractivity contribution in [2.24, 2.45) is 0 Å². The third kappa shape index (κ3) is 3.81. The number of hydrogen-bond donors (Lipinski definition) is 0. The van der Waals surface area contributed by atoms with Crippen molar-refractivity contribution in [3.63, 3.8) is 0 Å². The zero-order chi connectivity index (χ0) is 20.8. The van der Waals surface area contributed by atoms with Crippen LogP contribution < -0.4 is 4.90 Å². The van der Waals surface area contributed by atoms with Gasteiger partial charge in [-0.15, -0.1) is 0 Å². The molecule has 7 nitrogen and oxygen atoms in total. The molecule has 3 aromatic heterocycles. The summed E-state index contributed by atoms with van der Waals surface area (Å²) in [6, 6.07) is 5.14. The predicted molar refractivity (Wildman–Crippen MR) is 104 cm³/mol. The Morgan fingerprint density at radius 2 is 2.00 bits per heavy atom. The van der Waals surface area contributed by atoms with E-state index in [4.69, 9.17) is 0 Å². The number of Topliss-reactive ketones (excluding diaryl/α,β-unsaturated/α-hetero) is 1. The highest BCUT2D eigenvalue weighted by atomic mass is 19.3. The maximum atomic E-state index is 13.8. The van der Waals surface area contributed by atoms with Crippen LogP contribution in [-0.4, -0.2) is 49.3 Å². The van der Waals surface area contributed by atoms with Crippen LogP contribution in [0.5, 0.6) is 0 Å². The Morgan fingerprint density at radius 3 is 2.62 bits per heavy atom. The quantitative estimate of drug-likeness (QED) is 0.626. The first-order valence-electron chi connectivity index (χ1n) is 9.44. The largest absolute Gasteiger partial charge is 0.348 e.